The molecule has 0 spiro atoms. The lowest BCUT2D eigenvalue weighted by Crippen LogP contribution is -2.18. The highest BCUT2D eigenvalue weighted by Crippen LogP contribution is 2.27. The first kappa shape index (κ1) is 8.00. The number of nitrogens with two attached hydrogens (primary N) is 1. The van der Waals surface area contributed by atoms with Gasteiger partial charge in [-0.05, 0) is 18.2 Å². The Kier molecular flexibility index (Phi) is 1.86. The van der Waals surface area contributed by atoms with Gasteiger partial charge in [0.1, 0.15) is 0 Å². The Bertz CT molecular complexity index is 418. The molecule has 2 rings (SSSR count). The second-order valence-electron chi connectivity index (χ2n) is 2.49. The van der Waals surface area contributed by atoms with Crippen LogP contribution in [0.25, 0.3) is 10.2 Å². The van der Waals surface area contributed by atoms with Gasteiger partial charge in [0.2, 0.25) is 0 Å². The Morgan fingerprint density at radius 3 is 3.15 bits per heavy atom. The molecule has 0 atom stereocenters. The second kappa shape index (κ2) is 3.02. The van der Waals surface area contributed by atoms with Crippen molar-refractivity contribution in [3.63, 3.8) is 0 Å². The van der Waals surface area contributed by atoms with E-state index in [9.17, 15) is 4.79 Å². The third-order valence-corrected chi connectivity index (χ3v) is 2.54. The van der Waals surface area contributed by atoms with Gasteiger partial charge >= 0.3 is 6.03 Å². The normalized spacial score (nSPS) is 10.2. The number of aromatic nitrogens is 1. The Morgan fingerprint density at radius 1 is 1.62 bits per heavy atom. The number of amides is 2. The van der Waals surface area contributed by atoms with Crippen LogP contribution < -0.4 is 11.1 Å². The molecule has 0 aliphatic carbocycles. The maximum atomic E-state index is 10.5. The molecule has 0 aliphatic rings. The topological polar surface area (TPSA) is 68.0 Å². The molecule has 0 radical (unpaired) electrons. The first-order valence-electron chi connectivity index (χ1n) is 3.67. The summed E-state index contributed by atoms with van der Waals surface area (Å²) in [5.41, 5.74) is 5.85. The number of hydrogen-bond donors (Lipinski definition) is 2. The Morgan fingerprint density at radius 2 is 2.46 bits per heavy atom. The molecule has 0 aliphatic heterocycles. The summed E-state index contributed by atoms with van der Waals surface area (Å²) in [5.74, 6) is 0. The first-order chi connectivity index (χ1) is 6.25. The maximum Gasteiger partial charge on any atom is 0.317 e. The molecule has 3 N–H and O–H groups in total. The average molecular weight is 193 g/mol. The summed E-state index contributed by atoms with van der Waals surface area (Å²) in [6.07, 6.45) is 1.71. The highest BCUT2D eigenvalue weighted by Gasteiger charge is 2.02. The van der Waals surface area contributed by atoms with Crippen molar-refractivity contribution in [2.24, 2.45) is 5.73 Å². The molecule has 5 heteroatoms. The van der Waals surface area contributed by atoms with E-state index in [1.807, 2.05) is 12.1 Å². The van der Waals surface area contributed by atoms with Gasteiger partial charge in [-0.2, -0.15) is 0 Å². The van der Waals surface area contributed by atoms with Crippen LogP contribution in [0.1, 0.15) is 0 Å². The number of urea groups is 1. The van der Waals surface area contributed by atoms with Crippen LogP contribution in [-0.4, -0.2) is 11.0 Å². The van der Waals surface area contributed by atoms with Crippen LogP contribution in [0.4, 0.5) is 9.80 Å². The van der Waals surface area contributed by atoms with Gasteiger partial charge in [-0.15, -0.1) is 11.3 Å². The number of hydrogen-bond acceptors (Lipinski definition) is 3. The van der Waals surface area contributed by atoms with Crippen molar-refractivity contribution in [1.29, 1.82) is 0 Å². The summed E-state index contributed by atoms with van der Waals surface area (Å²) in [5, 5.41) is 3.23. The minimum atomic E-state index is -0.549. The van der Waals surface area contributed by atoms with Crippen LogP contribution in [0.5, 0.6) is 0 Å². The average Bonchev–Trinajstić information content (AvgIpc) is 2.44. The van der Waals surface area contributed by atoms with Gasteiger partial charge in [0.25, 0.3) is 0 Å². The molecule has 2 aromatic heterocycles. The largest absolute Gasteiger partial charge is 0.351 e. The summed E-state index contributed by atoms with van der Waals surface area (Å²) < 4.78 is 1.03. The van der Waals surface area contributed by atoms with E-state index in [4.69, 9.17) is 5.73 Å². The smallest absolute Gasteiger partial charge is 0.317 e. The molecule has 66 valence electrons. The fourth-order valence-electron chi connectivity index (χ4n) is 1.05. The molecule has 4 nitrogen and oxygen atoms in total. The van der Waals surface area contributed by atoms with E-state index in [1.54, 1.807) is 12.3 Å². The first-order valence-corrected chi connectivity index (χ1v) is 4.48. The summed E-state index contributed by atoms with van der Waals surface area (Å²) in [7, 11) is 0. The van der Waals surface area contributed by atoms with Crippen molar-refractivity contribution >= 4 is 32.6 Å². The maximum absolute atomic E-state index is 10.5. The van der Waals surface area contributed by atoms with E-state index in [1.165, 1.54) is 11.3 Å². The summed E-state index contributed by atoms with van der Waals surface area (Å²) in [6.45, 7) is 0. The van der Waals surface area contributed by atoms with Gasteiger partial charge in [0, 0.05) is 6.20 Å². The number of pyridine rings is 1. The minimum Gasteiger partial charge on any atom is -0.351 e. The molecule has 0 unspecified atom stereocenters. The molecule has 2 heterocycles. The van der Waals surface area contributed by atoms with Crippen molar-refractivity contribution < 1.29 is 4.79 Å². The van der Waals surface area contributed by atoms with E-state index in [-0.39, 0.29) is 0 Å². The molecule has 0 fully saturated rings. The zero-order valence-electron chi connectivity index (χ0n) is 6.65. The Labute approximate surface area is 78.4 Å². The molecular formula is C8H7N3OS. The molecule has 0 bridgehead atoms. The number of thiophene rings is 1. The highest BCUT2D eigenvalue weighted by molar-refractivity contribution is 7.22. The molecule has 0 aromatic carbocycles. The molecule has 2 amide bonds. The number of primary amides is 1. The fraction of sp³-hybridized carbons (Fsp3) is 0. The number of carbonyl (C=O) groups is 1. The van der Waals surface area contributed by atoms with Crippen molar-refractivity contribution in [3.05, 3.63) is 24.4 Å². The number of nitrogens with zero attached hydrogens (tertiary/aromatic N) is 1. The fourth-order valence-corrected chi connectivity index (χ4v) is 1.97. The number of fused-ring (bicyclic) bond motifs is 1. The van der Waals surface area contributed by atoms with Gasteiger partial charge in [-0.25, -0.2) is 4.79 Å². The van der Waals surface area contributed by atoms with Crippen molar-refractivity contribution in [1.82, 2.24) is 4.98 Å². The van der Waals surface area contributed by atoms with Gasteiger partial charge in [-0.1, -0.05) is 0 Å². The lowest BCUT2D eigenvalue weighted by atomic mass is 10.4. The van der Waals surface area contributed by atoms with Crippen LogP contribution in [0.15, 0.2) is 24.4 Å². The van der Waals surface area contributed by atoms with Crippen LogP contribution in [0.3, 0.4) is 0 Å². The van der Waals surface area contributed by atoms with E-state index in [0.29, 0.717) is 0 Å². The van der Waals surface area contributed by atoms with Crippen LogP contribution in [0, 0.1) is 0 Å². The SMILES string of the molecule is NC(=O)Nc1cc2ncccc2s1. The second-order valence-corrected chi connectivity index (χ2v) is 3.57. The quantitative estimate of drug-likeness (QED) is 0.724. The van der Waals surface area contributed by atoms with Crippen molar-refractivity contribution in [2.45, 2.75) is 0 Å². The van der Waals surface area contributed by atoms with Crippen molar-refractivity contribution in [3.8, 4) is 0 Å². The monoisotopic (exact) mass is 193 g/mol. The highest BCUT2D eigenvalue weighted by atomic mass is 32.1. The zero-order valence-corrected chi connectivity index (χ0v) is 7.47. The Balaban J connectivity index is 2.44. The summed E-state index contributed by atoms with van der Waals surface area (Å²) >= 11 is 1.45. The van der Waals surface area contributed by atoms with E-state index in [0.717, 1.165) is 15.2 Å². The van der Waals surface area contributed by atoms with Gasteiger partial charge in [0.05, 0.1) is 15.2 Å². The van der Waals surface area contributed by atoms with E-state index in [2.05, 4.69) is 10.3 Å². The lowest BCUT2D eigenvalue weighted by Gasteiger charge is -1.92. The number of rotatable bonds is 1. The molecule has 0 saturated carbocycles. The number of nitrogens with one attached hydrogen (secondary N) is 1. The van der Waals surface area contributed by atoms with Crippen molar-refractivity contribution in [2.75, 3.05) is 5.32 Å². The Hall–Kier alpha value is -1.62. The number of anilines is 1. The van der Waals surface area contributed by atoms with Gasteiger partial charge in [0.15, 0.2) is 0 Å². The summed E-state index contributed by atoms with van der Waals surface area (Å²) in [4.78, 5) is 14.7. The van der Waals surface area contributed by atoms with Gasteiger partial charge < -0.3 is 5.73 Å². The predicted molar refractivity (Wildman–Crippen MR) is 52.8 cm³/mol. The van der Waals surface area contributed by atoms with Crippen LogP contribution >= 0.6 is 11.3 Å². The third kappa shape index (κ3) is 1.59. The number of carbonyl (C=O) groups excluding carboxylic acids is 1. The lowest BCUT2D eigenvalue weighted by molar-refractivity contribution is 0.259. The molecule has 13 heavy (non-hydrogen) atoms. The third-order valence-electron chi connectivity index (χ3n) is 1.53. The zero-order chi connectivity index (χ0) is 9.26. The van der Waals surface area contributed by atoms with E-state index >= 15 is 0 Å². The van der Waals surface area contributed by atoms with E-state index < -0.39 is 6.03 Å². The van der Waals surface area contributed by atoms with Gasteiger partial charge in [-0.3, -0.25) is 10.3 Å². The molecule has 0 saturated heterocycles. The molecule has 2 aromatic rings. The minimum absolute atomic E-state index is 0.549. The summed E-state index contributed by atoms with van der Waals surface area (Å²) in [6, 6.07) is 5.04. The molecular weight excluding hydrogens is 186 g/mol. The van der Waals surface area contributed by atoms with Crippen LogP contribution in [-0.2, 0) is 0 Å². The standard InChI is InChI=1S/C8H7N3OS/c9-8(12)11-7-4-5-6(13-7)2-1-3-10-5/h1-4H,(H3,9,11,12). The van der Waals surface area contributed by atoms with Crippen LogP contribution in [0.2, 0.25) is 0 Å². The predicted octanol–water partition coefficient (Wildman–Crippen LogP) is 1.79.